The largest absolute Gasteiger partial charge is 0.0622 e. The summed E-state index contributed by atoms with van der Waals surface area (Å²) in [7, 11) is 0. The Morgan fingerprint density at radius 3 is 0.783 bits per heavy atom. The zero-order valence-electron chi connectivity index (χ0n) is 33.1. The van der Waals surface area contributed by atoms with E-state index in [4.69, 9.17) is 0 Å². The Labute approximate surface area is 352 Å². The monoisotopic (exact) mass is 760 g/mol. The highest BCUT2D eigenvalue weighted by molar-refractivity contribution is 6.39. The minimum absolute atomic E-state index is 1.19. The lowest BCUT2D eigenvalue weighted by molar-refractivity contribution is 1.51. The molecule has 60 heavy (non-hydrogen) atoms. The average Bonchev–Trinajstić information content (AvgIpc) is 3.85. The van der Waals surface area contributed by atoms with Gasteiger partial charge in [0.05, 0.1) is 0 Å². The lowest BCUT2D eigenvalue weighted by Gasteiger charge is -2.20. The van der Waals surface area contributed by atoms with Gasteiger partial charge in [0.25, 0.3) is 0 Å². The summed E-state index contributed by atoms with van der Waals surface area (Å²) in [6.45, 7) is 0. The van der Waals surface area contributed by atoms with E-state index in [1.54, 1.807) is 0 Å². The van der Waals surface area contributed by atoms with Crippen molar-refractivity contribution in [3.05, 3.63) is 282 Å². The summed E-state index contributed by atoms with van der Waals surface area (Å²) >= 11 is 0. The van der Waals surface area contributed by atoms with Gasteiger partial charge in [-0.3, -0.25) is 0 Å². The van der Waals surface area contributed by atoms with Gasteiger partial charge in [0.1, 0.15) is 0 Å². The maximum atomic E-state index is 2.49. The van der Waals surface area contributed by atoms with Gasteiger partial charge < -0.3 is 0 Å². The first kappa shape index (κ1) is 35.4. The maximum Gasteiger partial charge on any atom is -0.000137 e. The maximum absolute atomic E-state index is 2.49. The predicted molar refractivity (Wildman–Crippen MR) is 254 cm³/mol. The molecule has 0 nitrogen and oxygen atoms in total. The Bertz CT molecular complexity index is 3040. The Kier molecular flexibility index (Phi) is 8.95. The Balaban J connectivity index is 1.33. The molecule has 0 unspecified atom stereocenters. The third-order valence-electron chi connectivity index (χ3n) is 12.0. The van der Waals surface area contributed by atoms with Crippen LogP contribution in [0.1, 0.15) is 33.4 Å². The molecular weight excluding hydrogens is 721 g/mol. The second-order valence-corrected chi connectivity index (χ2v) is 15.6. The highest BCUT2D eigenvalue weighted by Gasteiger charge is 2.41. The lowest BCUT2D eigenvalue weighted by atomic mass is 9.83. The number of benzene rings is 9. The molecule has 0 heteroatoms. The molecule has 0 amide bonds. The van der Waals surface area contributed by atoms with Crippen molar-refractivity contribution in [2.75, 3.05) is 0 Å². The van der Waals surface area contributed by atoms with E-state index in [1.165, 1.54) is 111 Å². The van der Waals surface area contributed by atoms with Crippen LogP contribution in [0.2, 0.25) is 0 Å². The molecular formula is C60H40. The number of rotatable bonds is 8. The molecule has 0 aromatic heterocycles. The fourth-order valence-electron chi connectivity index (χ4n) is 9.35. The number of fused-ring (bicyclic) bond motifs is 3. The minimum Gasteiger partial charge on any atom is -0.0622 e. The molecule has 0 atom stereocenters. The van der Waals surface area contributed by atoms with Crippen LogP contribution in [0, 0.1) is 0 Å². The van der Waals surface area contributed by atoms with Crippen molar-refractivity contribution in [3.63, 3.8) is 0 Å². The van der Waals surface area contributed by atoms with Crippen LogP contribution in [0.4, 0.5) is 0 Å². The third kappa shape index (κ3) is 6.18. The van der Waals surface area contributed by atoms with Crippen LogP contribution in [0.5, 0.6) is 0 Å². The molecule has 2 aliphatic carbocycles. The SMILES string of the molecule is c1ccc(C2=C(c3ccccc3)C(c3cc(-c4ccccc4)cc(-c4ccccc4)c3)=C3C2=C(c2ccccc2)c2cc(-c4ccccc4)c(-c4ccccc4)cc23)cc1. The van der Waals surface area contributed by atoms with Crippen molar-refractivity contribution in [2.45, 2.75) is 0 Å². The van der Waals surface area contributed by atoms with Crippen LogP contribution in [-0.2, 0) is 0 Å². The van der Waals surface area contributed by atoms with Gasteiger partial charge in [-0.2, -0.15) is 0 Å². The molecule has 0 radical (unpaired) electrons. The molecule has 0 bridgehead atoms. The second kappa shape index (κ2) is 15.2. The average molecular weight is 761 g/mol. The number of hydrogen-bond donors (Lipinski definition) is 0. The van der Waals surface area contributed by atoms with Gasteiger partial charge in [0, 0.05) is 0 Å². The Morgan fingerprint density at radius 2 is 0.400 bits per heavy atom. The van der Waals surface area contributed by atoms with Gasteiger partial charge in [0.15, 0.2) is 0 Å². The second-order valence-electron chi connectivity index (χ2n) is 15.6. The summed E-state index contributed by atoms with van der Waals surface area (Å²) in [5, 5.41) is 0. The van der Waals surface area contributed by atoms with Crippen molar-refractivity contribution in [3.8, 4) is 44.5 Å². The quantitative estimate of drug-likeness (QED) is 0.145. The molecule has 9 aromatic carbocycles. The highest BCUT2D eigenvalue weighted by atomic mass is 14.4. The Morgan fingerprint density at radius 1 is 0.133 bits per heavy atom. The molecule has 0 saturated carbocycles. The first-order chi connectivity index (χ1) is 29.8. The third-order valence-corrected chi connectivity index (χ3v) is 12.0. The number of hydrogen-bond acceptors (Lipinski definition) is 0. The van der Waals surface area contributed by atoms with Gasteiger partial charge in [0.2, 0.25) is 0 Å². The summed E-state index contributed by atoms with van der Waals surface area (Å²) in [5.41, 5.74) is 24.5. The van der Waals surface area contributed by atoms with E-state index in [0.717, 1.165) is 0 Å². The summed E-state index contributed by atoms with van der Waals surface area (Å²) in [6, 6.07) is 88.8. The molecule has 0 aliphatic heterocycles. The molecule has 0 heterocycles. The Hall–Kier alpha value is -7.80. The number of allylic oxidation sites excluding steroid dienone is 5. The van der Waals surface area contributed by atoms with Gasteiger partial charge in [-0.25, -0.2) is 0 Å². The van der Waals surface area contributed by atoms with Crippen molar-refractivity contribution in [1.29, 1.82) is 0 Å². The predicted octanol–water partition coefficient (Wildman–Crippen LogP) is 15.7. The van der Waals surface area contributed by atoms with Crippen LogP contribution in [0.25, 0.3) is 72.4 Å². The first-order valence-corrected chi connectivity index (χ1v) is 20.8. The first-order valence-electron chi connectivity index (χ1n) is 20.8. The van der Waals surface area contributed by atoms with Crippen LogP contribution in [-0.4, -0.2) is 0 Å². The van der Waals surface area contributed by atoms with Crippen molar-refractivity contribution in [2.24, 2.45) is 0 Å². The van der Waals surface area contributed by atoms with E-state index in [1.807, 2.05) is 0 Å². The van der Waals surface area contributed by atoms with Gasteiger partial charge >= 0.3 is 0 Å². The van der Waals surface area contributed by atoms with Crippen molar-refractivity contribution in [1.82, 2.24) is 0 Å². The van der Waals surface area contributed by atoms with E-state index in [2.05, 4.69) is 243 Å². The zero-order chi connectivity index (χ0) is 39.8. The van der Waals surface area contributed by atoms with E-state index in [0.29, 0.717) is 0 Å². The summed E-state index contributed by atoms with van der Waals surface area (Å²) in [5.74, 6) is 0. The molecule has 0 spiro atoms. The topological polar surface area (TPSA) is 0 Å². The van der Waals surface area contributed by atoms with Crippen LogP contribution >= 0.6 is 0 Å². The summed E-state index contributed by atoms with van der Waals surface area (Å²) in [4.78, 5) is 0. The minimum atomic E-state index is 1.19. The normalized spacial score (nSPS) is 13.1. The van der Waals surface area contributed by atoms with Crippen molar-refractivity contribution >= 4 is 27.9 Å². The molecule has 0 N–H and O–H groups in total. The fourth-order valence-corrected chi connectivity index (χ4v) is 9.35. The summed E-state index contributed by atoms with van der Waals surface area (Å²) < 4.78 is 0. The standard InChI is InChI=1S/C60H40/c1-8-22-41(23-9-1)48-36-49(42-24-10-2-11-25-42)38-50(37-48)58-56(46-32-18-6-19-33-46)57(47-34-20-7-21-35-47)60-55(45-30-16-5-17-31-45)53-39-51(43-26-12-3-13-27-43)52(40-54(53)59(58)60)44-28-14-4-15-29-44/h1-40H. The van der Waals surface area contributed by atoms with Crippen LogP contribution in [0.3, 0.4) is 0 Å². The van der Waals surface area contributed by atoms with Gasteiger partial charge in [-0.1, -0.05) is 212 Å². The van der Waals surface area contributed by atoms with Crippen LogP contribution in [0.15, 0.2) is 248 Å². The fraction of sp³-hybridized carbons (Fsp3) is 0. The smallest absolute Gasteiger partial charge is 0.000137 e. The van der Waals surface area contributed by atoms with E-state index in [-0.39, 0.29) is 0 Å². The molecule has 0 saturated heterocycles. The van der Waals surface area contributed by atoms with E-state index < -0.39 is 0 Å². The molecule has 11 rings (SSSR count). The van der Waals surface area contributed by atoms with E-state index >= 15 is 0 Å². The molecule has 9 aromatic rings. The molecule has 2 aliphatic rings. The van der Waals surface area contributed by atoms with E-state index in [9.17, 15) is 0 Å². The highest BCUT2D eigenvalue weighted by Crippen LogP contribution is 2.62. The molecule has 0 fully saturated rings. The van der Waals surface area contributed by atoms with Gasteiger partial charge in [-0.15, -0.1) is 0 Å². The van der Waals surface area contributed by atoms with Crippen LogP contribution < -0.4 is 0 Å². The zero-order valence-corrected chi connectivity index (χ0v) is 33.1. The lowest BCUT2D eigenvalue weighted by Crippen LogP contribution is -1.97. The summed E-state index contributed by atoms with van der Waals surface area (Å²) in [6.07, 6.45) is 0. The van der Waals surface area contributed by atoms with Gasteiger partial charge in [-0.05, 0) is 142 Å². The molecule has 280 valence electrons. The van der Waals surface area contributed by atoms with Crippen molar-refractivity contribution < 1.29 is 0 Å².